The smallest absolute Gasteiger partial charge is 0.227 e. The molecule has 0 spiro atoms. The van der Waals surface area contributed by atoms with Crippen molar-refractivity contribution in [2.75, 3.05) is 18.0 Å². The van der Waals surface area contributed by atoms with E-state index in [9.17, 15) is 4.79 Å². The first kappa shape index (κ1) is 12.5. The Morgan fingerprint density at radius 2 is 2.45 bits per heavy atom. The molecule has 0 radical (unpaired) electrons. The van der Waals surface area contributed by atoms with Gasteiger partial charge in [0.15, 0.2) is 0 Å². The fraction of sp³-hybridized carbons (Fsp3) is 0.385. The van der Waals surface area contributed by atoms with Gasteiger partial charge in [-0.15, -0.1) is 0 Å². The number of carbonyl (C=O) groups is 1. The third-order valence-electron chi connectivity index (χ3n) is 3.65. The van der Waals surface area contributed by atoms with Gasteiger partial charge in [0.25, 0.3) is 0 Å². The van der Waals surface area contributed by atoms with E-state index in [0.29, 0.717) is 19.5 Å². The minimum Gasteiger partial charge on any atom is -0.312 e. The Morgan fingerprint density at radius 1 is 1.60 bits per heavy atom. The molecule has 3 rings (SSSR count). The van der Waals surface area contributed by atoms with Crippen LogP contribution in [0.5, 0.6) is 0 Å². The predicted octanol–water partition coefficient (Wildman–Crippen LogP) is 2.53. The number of amides is 1. The molecule has 1 aromatic heterocycles. The number of nitrogens with zero attached hydrogens (tertiary/aromatic N) is 5. The summed E-state index contributed by atoms with van der Waals surface area (Å²) in [7, 11) is 0. The molecule has 2 aromatic rings. The second-order valence-electron chi connectivity index (χ2n) is 5.04. The Labute approximate surface area is 115 Å². The number of carbonyl (C=O) groups excluding carboxylic acids is 1. The largest absolute Gasteiger partial charge is 0.312 e. The van der Waals surface area contributed by atoms with Crippen LogP contribution < -0.4 is 4.90 Å². The van der Waals surface area contributed by atoms with Crippen LogP contribution in [-0.2, 0) is 4.79 Å². The van der Waals surface area contributed by atoms with Gasteiger partial charge in [-0.2, -0.15) is 5.10 Å². The third kappa shape index (κ3) is 2.08. The number of aromatic nitrogens is 2. The minimum atomic E-state index is 0.0728. The van der Waals surface area contributed by atoms with Crippen molar-refractivity contribution in [1.82, 2.24) is 10.2 Å². The number of hydrogen-bond donors (Lipinski definition) is 1. The lowest BCUT2D eigenvalue weighted by molar-refractivity contribution is -0.117. The molecule has 1 saturated heterocycles. The number of aromatic amines is 1. The standard InChI is InChI=1S/C13H14N6O/c1-8-11-5-10(2-3-12(11)17-16-8)19-7-9(4-13(19)20)6-15-18-14/h2-3,5,9H,4,6-7H2,1H3,(H,16,17). The van der Waals surface area contributed by atoms with Gasteiger partial charge in [0.2, 0.25) is 5.91 Å². The van der Waals surface area contributed by atoms with Gasteiger partial charge in [0, 0.05) is 41.2 Å². The van der Waals surface area contributed by atoms with E-state index >= 15 is 0 Å². The Balaban J connectivity index is 1.88. The second kappa shape index (κ2) is 4.86. The first-order valence-corrected chi connectivity index (χ1v) is 6.45. The van der Waals surface area contributed by atoms with E-state index in [4.69, 9.17) is 5.53 Å². The Kier molecular flexibility index (Phi) is 3.04. The number of azide groups is 1. The topological polar surface area (TPSA) is 97.8 Å². The SMILES string of the molecule is Cc1[nH]nc2ccc(N3CC(CN=[N+]=[N-])CC3=O)cc12. The molecular formula is C13H14N6O. The van der Waals surface area contributed by atoms with Crippen molar-refractivity contribution >= 4 is 22.5 Å². The molecule has 1 atom stereocenters. The normalized spacial score (nSPS) is 18.6. The number of aryl methyl sites for hydroxylation is 1. The van der Waals surface area contributed by atoms with Crippen molar-refractivity contribution in [1.29, 1.82) is 0 Å². The van der Waals surface area contributed by atoms with Gasteiger partial charge in [-0.3, -0.25) is 9.89 Å². The third-order valence-corrected chi connectivity index (χ3v) is 3.65. The van der Waals surface area contributed by atoms with E-state index < -0.39 is 0 Å². The summed E-state index contributed by atoms with van der Waals surface area (Å²) in [5.41, 5.74) is 11.1. The van der Waals surface area contributed by atoms with Gasteiger partial charge in [-0.25, -0.2) is 0 Å². The van der Waals surface area contributed by atoms with Crippen molar-refractivity contribution in [3.05, 3.63) is 34.3 Å². The van der Waals surface area contributed by atoms with E-state index in [0.717, 1.165) is 22.3 Å². The maximum absolute atomic E-state index is 12.1. The Morgan fingerprint density at radius 3 is 3.25 bits per heavy atom. The highest BCUT2D eigenvalue weighted by Gasteiger charge is 2.30. The van der Waals surface area contributed by atoms with Crippen LogP contribution in [0.15, 0.2) is 23.3 Å². The van der Waals surface area contributed by atoms with Crippen LogP contribution in [0.1, 0.15) is 12.1 Å². The fourth-order valence-electron chi connectivity index (χ4n) is 2.60. The molecule has 1 aliphatic rings. The number of fused-ring (bicyclic) bond motifs is 1. The van der Waals surface area contributed by atoms with Crippen LogP contribution >= 0.6 is 0 Å². The Bertz CT molecular complexity index is 715. The molecule has 1 aliphatic heterocycles. The first-order valence-electron chi connectivity index (χ1n) is 6.45. The number of benzene rings is 1. The van der Waals surface area contributed by atoms with E-state index in [-0.39, 0.29) is 11.8 Å². The van der Waals surface area contributed by atoms with E-state index in [1.54, 1.807) is 4.90 Å². The summed E-state index contributed by atoms with van der Waals surface area (Å²) >= 11 is 0. The van der Waals surface area contributed by atoms with E-state index in [1.807, 2.05) is 25.1 Å². The average Bonchev–Trinajstić information content (AvgIpc) is 3.00. The molecule has 7 nitrogen and oxygen atoms in total. The summed E-state index contributed by atoms with van der Waals surface area (Å²) in [6, 6.07) is 5.78. The number of rotatable bonds is 3. The van der Waals surface area contributed by atoms with Crippen molar-refractivity contribution in [3.8, 4) is 0 Å². The monoisotopic (exact) mass is 270 g/mol. The number of anilines is 1. The van der Waals surface area contributed by atoms with Gasteiger partial charge in [0.05, 0.1) is 5.52 Å². The van der Waals surface area contributed by atoms with Gasteiger partial charge in [0.1, 0.15) is 0 Å². The van der Waals surface area contributed by atoms with Crippen molar-refractivity contribution in [3.63, 3.8) is 0 Å². The molecule has 2 heterocycles. The molecule has 0 saturated carbocycles. The molecule has 7 heteroatoms. The lowest BCUT2D eigenvalue weighted by atomic mass is 10.1. The zero-order valence-electron chi connectivity index (χ0n) is 11.1. The molecule has 1 N–H and O–H groups in total. The summed E-state index contributed by atoms with van der Waals surface area (Å²) in [4.78, 5) is 16.6. The van der Waals surface area contributed by atoms with Gasteiger partial charge in [-0.05, 0) is 36.6 Å². The summed E-state index contributed by atoms with van der Waals surface area (Å²) in [5, 5.41) is 11.7. The highest BCUT2D eigenvalue weighted by Crippen LogP contribution is 2.28. The lowest BCUT2D eigenvalue weighted by Crippen LogP contribution is -2.24. The number of hydrogen-bond acceptors (Lipinski definition) is 3. The van der Waals surface area contributed by atoms with Crippen LogP contribution in [0, 0.1) is 12.8 Å². The summed E-state index contributed by atoms with van der Waals surface area (Å²) in [6.07, 6.45) is 0.432. The number of nitrogens with one attached hydrogen (secondary N) is 1. The van der Waals surface area contributed by atoms with Gasteiger partial charge in [-0.1, -0.05) is 5.11 Å². The van der Waals surface area contributed by atoms with E-state index in [1.165, 1.54) is 0 Å². The molecule has 1 amide bonds. The average molecular weight is 270 g/mol. The molecule has 0 aliphatic carbocycles. The van der Waals surface area contributed by atoms with E-state index in [2.05, 4.69) is 20.2 Å². The zero-order valence-corrected chi connectivity index (χ0v) is 11.1. The Hall–Kier alpha value is -2.53. The molecule has 0 bridgehead atoms. The molecule has 1 unspecified atom stereocenters. The summed E-state index contributed by atoms with van der Waals surface area (Å²) < 4.78 is 0. The highest BCUT2D eigenvalue weighted by molar-refractivity contribution is 5.98. The number of H-pyrrole nitrogens is 1. The second-order valence-corrected chi connectivity index (χ2v) is 5.04. The van der Waals surface area contributed by atoms with Crippen LogP contribution in [0.3, 0.4) is 0 Å². The first-order chi connectivity index (χ1) is 9.69. The molecular weight excluding hydrogens is 256 g/mol. The fourth-order valence-corrected chi connectivity index (χ4v) is 2.60. The van der Waals surface area contributed by atoms with Crippen molar-refractivity contribution in [2.24, 2.45) is 11.0 Å². The van der Waals surface area contributed by atoms with Crippen LogP contribution in [0.2, 0.25) is 0 Å². The lowest BCUT2D eigenvalue weighted by Gasteiger charge is -2.16. The maximum Gasteiger partial charge on any atom is 0.227 e. The van der Waals surface area contributed by atoms with Gasteiger partial charge >= 0.3 is 0 Å². The summed E-state index contributed by atoms with van der Waals surface area (Å²) in [5.74, 6) is 0.170. The van der Waals surface area contributed by atoms with Crippen molar-refractivity contribution in [2.45, 2.75) is 13.3 Å². The molecule has 1 fully saturated rings. The highest BCUT2D eigenvalue weighted by atomic mass is 16.2. The van der Waals surface area contributed by atoms with Crippen molar-refractivity contribution < 1.29 is 4.79 Å². The van der Waals surface area contributed by atoms with Gasteiger partial charge < -0.3 is 4.90 Å². The predicted molar refractivity (Wildman–Crippen MR) is 75.3 cm³/mol. The molecule has 20 heavy (non-hydrogen) atoms. The van der Waals surface area contributed by atoms with Crippen LogP contribution in [0.25, 0.3) is 21.3 Å². The molecule has 1 aromatic carbocycles. The summed E-state index contributed by atoms with van der Waals surface area (Å²) in [6.45, 7) is 2.92. The van der Waals surface area contributed by atoms with Crippen LogP contribution in [0.4, 0.5) is 5.69 Å². The zero-order chi connectivity index (χ0) is 14.1. The maximum atomic E-state index is 12.1. The minimum absolute atomic E-state index is 0.0728. The quantitative estimate of drug-likeness (QED) is 0.526. The molecule has 102 valence electrons. The van der Waals surface area contributed by atoms with Crippen LogP contribution in [-0.4, -0.2) is 29.2 Å².